The van der Waals surface area contributed by atoms with Crippen molar-refractivity contribution in [3.8, 4) is 0 Å². The molecule has 0 unspecified atom stereocenters. The predicted octanol–water partition coefficient (Wildman–Crippen LogP) is 3.99. The summed E-state index contributed by atoms with van der Waals surface area (Å²) in [6.45, 7) is 7.99. The Labute approximate surface area is 208 Å². The summed E-state index contributed by atoms with van der Waals surface area (Å²) in [6.07, 6.45) is 1.43. The maximum Gasteiger partial charge on any atom is 0.244 e. The van der Waals surface area contributed by atoms with E-state index in [0.29, 0.717) is 18.0 Å². The topological polar surface area (TPSA) is 86.8 Å². The molecule has 34 heavy (non-hydrogen) atoms. The molecule has 0 saturated carbocycles. The molecule has 0 aromatic heterocycles. The van der Waals surface area contributed by atoms with Gasteiger partial charge in [0.25, 0.3) is 0 Å². The molecule has 2 rings (SSSR count). The number of carbonyl (C=O) groups excluding carboxylic acids is 2. The van der Waals surface area contributed by atoms with Crippen LogP contribution in [-0.4, -0.2) is 50.5 Å². The number of rotatable bonds is 11. The molecule has 7 nitrogen and oxygen atoms in total. The quantitative estimate of drug-likeness (QED) is 0.498. The molecular formula is C25H34ClN3O4S. The van der Waals surface area contributed by atoms with Crippen molar-refractivity contribution in [2.24, 2.45) is 5.92 Å². The number of nitrogens with zero attached hydrogens (tertiary/aromatic N) is 2. The van der Waals surface area contributed by atoms with Gasteiger partial charge in [-0.05, 0) is 48.6 Å². The largest absolute Gasteiger partial charge is 0.354 e. The molecule has 1 atom stereocenters. The number of aryl methyl sites for hydroxylation is 1. The zero-order valence-electron chi connectivity index (χ0n) is 20.4. The lowest BCUT2D eigenvalue weighted by Crippen LogP contribution is -2.52. The van der Waals surface area contributed by atoms with E-state index in [9.17, 15) is 18.0 Å². The Kier molecular flexibility index (Phi) is 9.94. The van der Waals surface area contributed by atoms with Crippen LogP contribution in [0.3, 0.4) is 0 Å². The third-order valence-electron chi connectivity index (χ3n) is 5.45. The summed E-state index contributed by atoms with van der Waals surface area (Å²) in [7, 11) is -3.79. The SMILES string of the molecule is CC[C@@H](C(=O)NCC(C)C)N(Cc1ccccc1C)C(=O)CN(c1cccc(Cl)c1)S(C)(=O)=O. The number of nitrogens with one attached hydrogen (secondary N) is 1. The van der Waals surface area contributed by atoms with E-state index in [-0.39, 0.29) is 24.1 Å². The minimum atomic E-state index is -3.79. The highest BCUT2D eigenvalue weighted by molar-refractivity contribution is 7.92. The Morgan fingerprint density at radius 2 is 1.76 bits per heavy atom. The summed E-state index contributed by atoms with van der Waals surface area (Å²) < 4.78 is 26.2. The second-order valence-electron chi connectivity index (χ2n) is 8.76. The highest BCUT2D eigenvalue weighted by Crippen LogP contribution is 2.23. The van der Waals surface area contributed by atoms with Gasteiger partial charge in [-0.1, -0.05) is 62.7 Å². The Morgan fingerprint density at radius 3 is 2.32 bits per heavy atom. The van der Waals surface area contributed by atoms with E-state index in [2.05, 4.69) is 5.32 Å². The van der Waals surface area contributed by atoms with E-state index in [1.165, 1.54) is 11.0 Å². The smallest absolute Gasteiger partial charge is 0.244 e. The molecular weight excluding hydrogens is 474 g/mol. The summed E-state index contributed by atoms with van der Waals surface area (Å²) in [5.74, 6) is -0.475. The van der Waals surface area contributed by atoms with E-state index in [0.717, 1.165) is 21.7 Å². The van der Waals surface area contributed by atoms with Gasteiger partial charge in [0.05, 0.1) is 11.9 Å². The number of halogens is 1. The van der Waals surface area contributed by atoms with E-state index >= 15 is 0 Å². The molecule has 0 radical (unpaired) electrons. The molecule has 186 valence electrons. The van der Waals surface area contributed by atoms with Gasteiger partial charge >= 0.3 is 0 Å². The summed E-state index contributed by atoms with van der Waals surface area (Å²) in [5.41, 5.74) is 2.16. The fourth-order valence-electron chi connectivity index (χ4n) is 3.56. The van der Waals surface area contributed by atoms with Gasteiger partial charge in [0.15, 0.2) is 0 Å². The van der Waals surface area contributed by atoms with E-state index in [4.69, 9.17) is 11.6 Å². The van der Waals surface area contributed by atoms with Crippen molar-refractivity contribution in [2.45, 2.75) is 46.7 Å². The maximum atomic E-state index is 13.6. The first-order valence-corrected chi connectivity index (χ1v) is 13.5. The Hall–Kier alpha value is -2.58. The van der Waals surface area contributed by atoms with Crippen molar-refractivity contribution in [1.29, 1.82) is 0 Å². The third-order valence-corrected chi connectivity index (χ3v) is 6.82. The number of benzene rings is 2. The summed E-state index contributed by atoms with van der Waals surface area (Å²) in [5, 5.41) is 3.27. The number of hydrogen-bond acceptors (Lipinski definition) is 4. The van der Waals surface area contributed by atoms with Crippen molar-refractivity contribution >= 4 is 39.1 Å². The van der Waals surface area contributed by atoms with Crippen molar-refractivity contribution in [2.75, 3.05) is 23.7 Å². The predicted molar refractivity (Wildman–Crippen MR) is 137 cm³/mol. The van der Waals surface area contributed by atoms with Gasteiger partial charge < -0.3 is 10.2 Å². The molecule has 0 spiro atoms. The molecule has 0 aliphatic heterocycles. The number of anilines is 1. The van der Waals surface area contributed by atoms with E-state index < -0.39 is 28.5 Å². The molecule has 1 N–H and O–H groups in total. The van der Waals surface area contributed by atoms with Crippen LogP contribution in [0, 0.1) is 12.8 Å². The van der Waals surface area contributed by atoms with Gasteiger partial charge in [0.2, 0.25) is 21.8 Å². The third kappa shape index (κ3) is 7.74. The molecule has 0 aliphatic rings. The van der Waals surface area contributed by atoms with Gasteiger partial charge in [-0.3, -0.25) is 13.9 Å². The standard InChI is InChI=1S/C25H34ClN3O4S/c1-6-23(25(31)27-15-18(2)3)28(16-20-11-8-7-10-19(20)4)24(30)17-29(34(5,32)33)22-13-9-12-21(26)14-22/h7-14,18,23H,6,15-17H2,1-5H3,(H,27,31)/t23-/m0/s1. The number of carbonyl (C=O) groups is 2. The van der Waals surface area contributed by atoms with E-state index in [1.54, 1.807) is 18.2 Å². The molecule has 0 aliphatic carbocycles. The lowest BCUT2D eigenvalue weighted by molar-refractivity contribution is -0.140. The Morgan fingerprint density at radius 1 is 1.09 bits per heavy atom. The lowest BCUT2D eigenvalue weighted by Gasteiger charge is -2.33. The van der Waals surface area contributed by atoms with Gasteiger partial charge in [-0.25, -0.2) is 8.42 Å². The Balaban J connectivity index is 2.43. The molecule has 2 aromatic rings. The number of hydrogen-bond donors (Lipinski definition) is 1. The van der Waals surface area contributed by atoms with Crippen molar-refractivity contribution in [3.05, 3.63) is 64.7 Å². The average molecular weight is 508 g/mol. The second kappa shape index (κ2) is 12.2. The Bertz CT molecular complexity index is 1100. The average Bonchev–Trinajstić information content (AvgIpc) is 2.76. The monoisotopic (exact) mass is 507 g/mol. The highest BCUT2D eigenvalue weighted by atomic mass is 35.5. The number of sulfonamides is 1. The lowest BCUT2D eigenvalue weighted by atomic mass is 10.1. The van der Waals surface area contributed by atoms with Crippen LogP contribution in [-0.2, 0) is 26.2 Å². The first-order chi connectivity index (χ1) is 15.9. The van der Waals surface area contributed by atoms with Gasteiger partial charge in [0.1, 0.15) is 12.6 Å². The highest BCUT2D eigenvalue weighted by Gasteiger charge is 2.32. The van der Waals surface area contributed by atoms with Crippen LogP contribution < -0.4 is 9.62 Å². The first kappa shape index (κ1) is 27.7. The van der Waals surface area contributed by atoms with Crippen molar-refractivity contribution < 1.29 is 18.0 Å². The van der Waals surface area contributed by atoms with Gasteiger partial charge in [-0.15, -0.1) is 0 Å². The van der Waals surface area contributed by atoms with Crippen LogP contribution in [0.1, 0.15) is 38.3 Å². The van der Waals surface area contributed by atoms with Gasteiger partial charge in [0, 0.05) is 18.1 Å². The van der Waals surface area contributed by atoms with Crippen LogP contribution >= 0.6 is 11.6 Å². The fourth-order valence-corrected chi connectivity index (χ4v) is 4.58. The van der Waals surface area contributed by atoms with Crippen LogP contribution in [0.4, 0.5) is 5.69 Å². The molecule has 0 heterocycles. The molecule has 9 heteroatoms. The normalized spacial score (nSPS) is 12.3. The van der Waals surface area contributed by atoms with Crippen molar-refractivity contribution in [1.82, 2.24) is 10.2 Å². The molecule has 2 aromatic carbocycles. The summed E-state index contributed by atoms with van der Waals surface area (Å²) in [4.78, 5) is 28.1. The molecule has 2 amide bonds. The first-order valence-electron chi connectivity index (χ1n) is 11.3. The van der Waals surface area contributed by atoms with Crippen LogP contribution in [0.25, 0.3) is 0 Å². The fraction of sp³-hybridized carbons (Fsp3) is 0.440. The van der Waals surface area contributed by atoms with Crippen LogP contribution in [0.2, 0.25) is 5.02 Å². The summed E-state index contributed by atoms with van der Waals surface area (Å²) >= 11 is 6.07. The van der Waals surface area contributed by atoms with Gasteiger partial charge in [-0.2, -0.15) is 0 Å². The van der Waals surface area contributed by atoms with Crippen molar-refractivity contribution in [3.63, 3.8) is 0 Å². The van der Waals surface area contributed by atoms with Crippen LogP contribution in [0.5, 0.6) is 0 Å². The second-order valence-corrected chi connectivity index (χ2v) is 11.1. The molecule has 0 fully saturated rings. The minimum absolute atomic E-state index is 0.187. The zero-order chi connectivity index (χ0) is 25.5. The minimum Gasteiger partial charge on any atom is -0.354 e. The van der Waals surface area contributed by atoms with E-state index in [1.807, 2.05) is 52.0 Å². The summed E-state index contributed by atoms with van der Waals surface area (Å²) in [6, 6.07) is 13.2. The molecule has 0 bridgehead atoms. The zero-order valence-corrected chi connectivity index (χ0v) is 22.0. The molecule has 0 saturated heterocycles. The number of amides is 2. The maximum absolute atomic E-state index is 13.6. The van der Waals surface area contributed by atoms with Crippen LogP contribution in [0.15, 0.2) is 48.5 Å².